The van der Waals surface area contributed by atoms with Crippen LogP contribution in [0.3, 0.4) is 0 Å². The highest BCUT2D eigenvalue weighted by molar-refractivity contribution is 6.33. The van der Waals surface area contributed by atoms with Crippen molar-refractivity contribution in [3.63, 3.8) is 0 Å². The summed E-state index contributed by atoms with van der Waals surface area (Å²) in [5.41, 5.74) is 3.86. The van der Waals surface area contributed by atoms with E-state index < -0.39 is 17.9 Å². The number of hydrogen-bond donors (Lipinski definition) is 3. The van der Waals surface area contributed by atoms with Crippen LogP contribution in [0.2, 0.25) is 5.02 Å². The maximum absolute atomic E-state index is 13.2. The highest BCUT2D eigenvalue weighted by Crippen LogP contribution is 2.25. The van der Waals surface area contributed by atoms with Crippen LogP contribution in [0, 0.1) is 5.82 Å². The van der Waals surface area contributed by atoms with Crippen LogP contribution < -0.4 is 16.1 Å². The molecule has 2 atom stereocenters. The number of carbonyl (C=O) groups excluding carboxylic acids is 2. The molecule has 3 N–H and O–H groups in total. The van der Waals surface area contributed by atoms with Gasteiger partial charge in [0.15, 0.2) is 0 Å². The van der Waals surface area contributed by atoms with Crippen molar-refractivity contribution in [1.82, 2.24) is 15.8 Å². The van der Waals surface area contributed by atoms with Crippen LogP contribution in [0.15, 0.2) is 30.1 Å². The van der Waals surface area contributed by atoms with Gasteiger partial charge in [0.25, 0.3) is 0 Å². The van der Waals surface area contributed by atoms with E-state index in [-0.39, 0.29) is 22.5 Å². The van der Waals surface area contributed by atoms with Gasteiger partial charge in [-0.2, -0.15) is 0 Å². The second-order valence-corrected chi connectivity index (χ2v) is 5.66. The van der Waals surface area contributed by atoms with E-state index in [0.29, 0.717) is 12.1 Å². The number of nitrogens with one attached hydrogen (secondary N) is 3. The predicted molar refractivity (Wildman–Crippen MR) is 79.1 cm³/mol. The number of halogens is 2. The van der Waals surface area contributed by atoms with Gasteiger partial charge in [0.05, 0.1) is 10.7 Å². The second kappa shape index (κ2) is 5.58. The van der Waals surface area contributed by atoms with E-state index in [1.54, 1.807) is 18.1 Å². The molecule has 2 unspecified atom stereocenters. The Kier molecular flexibility index (Phi) is 3.76. The Morgan fingerprint density at radius 3 is 3.05 bits per heavy atom. The standard InChI is InChI=1S/C14H14ClFN4O2/c1-7-6-20-12(14(22)17-7)5-11(19-20)13(21)18-10-4-8(16)2-3-9(10)15/h2-4,6,11-12,19H,5H2,1H3,(H,17,22)(H,18,21). The van der Waals surface area contributed by atoms with Gasteiger partial charge in [-0.1, -0.05) is 11.6 Å². The van der Waals surface area contributed by atoms with Gasteiger partial charge in [-0.15, -0.1) is 0 Å². The Labute approximate surface area is 131 Å². The minimum absolute atomic E-state index is 0.161. The summed E-state index contributed by atoms with van der Waals surface area (Å²) < 4.78 is 13.2. The number of nitrogens with zero attached hydrogens (tertiary/aromatic N) is 1. The number of benzene rings is 1. The summed E-state index contributed by atoms with van der Waals surface area (Å²) in [6.07, 6.45) is 2.04. The van der Waals surface area contributed by atoms with Crippen molar-refractivity contribution in [2.45, 2.75) is 25.4 Å². The summed E-state index contributed by atoms with van der Waals surface area (Å²) in [5.74, 6) is -1.03. The number of hydrazine groups is 1. The molecule has 0 saturated carbocycles. The molecule has 0 aliphatic carbocycles. The minimum atomic E-state index is -0.600. The van der Waals surface area contributed by atoms with Crippen molar-refractivity contribution in [2.24, 2.45) is 0 Å². The number of allylic oxidation sites excluding steroid dienone is 1. The van der Waals surface area contributed by atoms with Crippen molar-refractivity contribution < 1.29 is 14.0 Å². The molecule has 22 heavy (non-hydrogen) atoms. The molecule has 2 heterocycles. The normalized spacial score (nSPS) is 23.7. The van der Waals surface area contributed by atoms with Crippen molar-refractivity contribution in [1.29, 1.82) is 0 Å². The van der Waals surface area contributed by atoms with Gasteiger partial charge in [-0.05, 0) is 25.1 Å². The van der Waals surface area contributed by atoms with E-state index in [1.807, 2.05) is 0 Å². The third-order valence-corrected chi connectivity index (χ3v) is 3.89. The Morgan fingerprint density at radius 1 is 1.50 bits per heavy atom. The Balaban J connectivity index is 1.72. The fourth-order valence-electron chi connectivity index (χ4n) is 2.52. The topological polar surface area (TPSA) is 73.5 Å². The van der Waals surface area contributed by atoms with Gasteiger partial charge in [0.2, 0.25) is 11.8 Å². The van der Waals surface area contributed by atoms with E-state index in [2.05, 4.69) is 16.1 Å². The third kappa shape index (κ3) is 2.77. The highest BCUT2D eigenvalue weighted by atomic mass is 35.5. The first-order valence-electron chi connectivity index (χ1n) is 6.74. The molecular weight excluding hydrogens is 311 g/mol. The molecule has 0 spiro atoms. The number of hydrogen-bond acceptors (Lipinski definition) is 4. The molecule has 2 aliphatic rings. The van der Waals surface area contributed by atoms with Gasteiger partial charge in [0, 0.05) is 18.3 Å². The fraction of sp³-hybridized carbons (Fsp3) is 0.286. The minimum Gasteiger partial charge on any atom is -0.327 e. The lowest BCUT2D eigenvalue weighted by molar-refractivity contribution is -0.125. The molecule has 8 heteroatoms. The number of fused-ring (bicyclic) bond motifs is 1. The van der Waals surface area contributed by atoms with E-state index in [0.717, 1.165) is 6.07 Å². The van der Waals surface area contributed by atoms with Crippen LogP contribution in [0.25, 0.3) is 0 Å². The highest BCUT2D eigenvalue weighted by Gasteiger charge is 2.40. The molecule has 1 aromatic rings. The summed E-state index contributed by atoms with van der Waals surface area (Å²) in [6, 6.07) is 2.69. The van der Waals surface area contributed by atoms with Crippen molar-refractivity contribution in [2.75, 3.05) is 5.32 Å². The maximum atomic E-state index is 13.2. The number of carbonyl (C=O) groups is 2. The smallest absolute Gasteiger partial charge is 0.248 e. The van der Waals surface area contributed by atoms with Crippen LogP contribution in [0.1, 0.15) is 13.3 Å². The average Bonchev–Trinajstić information content (AvgIpc) is 2.87. The zero-order valence-corrected chi connectivity index (χ0v) is 12.4. The Morgan fingerprint density at radius 2 is 2.27 bits per heavy atom. The second-order valence-electron chi connectivity index (χ2n) is 5.26. The molecule has 1 saturated heterocycles. The molecular formula is C14H14ClFN4O2. The van der Waals surface area contributed by atoms with Gasteiger partial charge in [-0.25, -0.2) is 9.82 Å². The van der Waals surface area contributed by atoms with Gasteiger partial charge < -0.3 is 15.6 Å². The summed E-state index contributed by atoms with van der Waals surface area (Å²) in [5, 5.41) is 7.16. The Bertz CT molecular complexity index is 679. The van der Waals surface area contributed by atoms with Crippen LogP contribution in [-0.4, -0.2) is 28.9 Å². The molecule has 2 amide bonds. The van der Waals surface area contributed by atoms with E-state index in [9.17, 15) is 14.0 Å². The lowest BCUT2D eigenvalue weighted by Crippen LogP contribution is -2.48. The SMILES string of the molecule is CC1=CN2NC(C(=O)Nc3cc(F)ccc3Cl)CC2C(=O)N1. The van der Waals surface area contributed by atoms with E-state index in [1.165, 1.54) is 12.1 Å². The van der Waals surface area contributed by atoms with Crippen molar-refractivity contribution in [3.05, 3.63) is 40.9 Å². The summed E-state index contributed by atoms with van der Waals surface area (Å²) >= 11 is 5.93. The predicted octanol–water partition coefficient (Wildman–Crippen LogP) is 1.36. The largest absolute Gasteiger partial charge is 0.327 e. The van der Waals surface area contributed by atoms with Crippen LogP contribution in [0.5, 0.6) is 0 Å². The summed E-state index contributed by atoms with van der Waals surface area (Å²) in [7, 11) is 0. The van der Waals surface area contributed by atoms with E-state index in [4.69, 9.17) is 11.6 Å². The molecule has 1 fully saturated rings. The van der Waals surface area contributed by atoms with Crippen molar-refractivity contribution in [3.8, 4) is 0 Å². The molecule has 1 aromatic carbocycles. The molecule has 0 radical (unpaired) electrons. The lowest BCUT2D eigenvalue weighted by atomic mass is 10.1. The zero-order chi connectivity index (χ0) is 15.9. The first kappa shape index (κ1) is 14.8. The first-order chi connectivity index (χ1) is 10.4. The summed E-state index contributed by atoms with van der Waals surface area (Å²) in [6.45, 7) is 1.76. The molecule has 2 aliphatic heterocycles. The molecule has 0 aromatic heterocycles. The number of rotatable bonds is 2. The Hall–Kier alpha value is -2.12. The number of anilines is 1. The average molecular weight is 325 g/mol. The third-order valence-electron chi connectivity index (χ3n) is 3.56. The van der Waals surface area contributed by atoms with E-state index >= 15 is 0 Å². The molecule has 6 nitrogen and oxygen atoms in total. The molecule has 116 valence electrons. The molecule has 3 rings (SSSR count). The van der Waals surface area contributed by atoms with Crippen molar-refractivity contribution >= 4 is 29.1 Å². The quantitative estimate of drug-likeness (QED) is 0.768. The first-order valence-corrected chi connectivity index (χ1v) is 7.11. The van der Waals surface area contributed by atoms with Gasteiger partial charge in [0.1, 0.15) is 17.9 Å². The maximum Gasteiger partial charge on any atom is 0.248 e. The van der Waals surface area contributed by atoms with Crippen LogP contribution in [0.4, 0.5) is 10.1 Å². The summed E-state index contributed by atoms with van der Waals surface area (Å²) in [4.78, 5) is 24.2. The molecule has 0 bridgehead atoms. The lowest BCUT2D eigenvalue weighted by Gasteiger charge is -2.27. The van der Waals surface area contributed by atoms with Gasteiger partial charge in [-0.3, -0.25) is 9.59 Å². The van der Waals surface area contributed by atoms with Crippen LogP contribution in [-0.2, 0) is 9.59 Å². The van der Waals surface area contributed by atoms with Crippen LogP contribution >= 0.6 is 11.6 Å². The van der Waals surface area contributed by atoms with Gasteiger partial charge >= 0.3 is 0 Å². The fourth-order valence-corrected chi connectivity index (χ4v) is 2.68. The number of amides is 2. The monoisotopic (exact) mass is 324 g/mol. The zero-order valence-electron chi connectivity index (χ0n) is 11.7.